The highest BCUT2D eigenvalue weighted by atomic mass is 16.6. The Labute approximate surface area is 192 Å². The second kappa shape index (κ2) is 8.27. The molecule has 2 aromatic rings. The Morgan fingerprint density at radius 1 is 1.15 bits per heavy atom. The van der Waals surface area contributed by atoms with E-state index < -0.39 is 10.8 Å². The molecule has 1 aliphatic heterocycles. The third kappa shape index (κ3) is 4.41. The molecular formula is C25H26N4O4. The maximum atomic E-state index is 13.4. The van der Waals surface area contributed by atoms with E-state index in [9.17, 15) is 19.7 Å². The molecule has 1 amide bonds. The number of hydrogen-bond donors (Lipinski definition) is 2. The van der Waals surface area contributed by atoms with E-state index in [-0.39, 0.29) is 22.8 Å². The number of aryl methyl sites for hydroxylation is 1. The van der Waals surface area contributed by atoms with Crippen LogP contribution in [-0.4, -0.2) is 21.6 Å². The Bertz CT molecular complexity index is 1210. The molecule has 0 radical (unpaired) electrons. The average molecular weight is 447 g/mol. The third-order valence-electron chi connectivity index (χ3n) is 6.07. The average Bonchev–Trinajstić information content (AvgIpc) is 2.73. The normalized spacial score (nSPS) is 19.6. The minimum absolute atomic E-state index is 0.0247. The highest BCUT2D eigenvalue weighted by Crippen LogP contribution is 2.46. The zero-order chi connectivity index (χ0) is 23.9. The first-order valence-electron chi connectivity index (χ1n) is 10.8. The van der Waals surface area contributed by atoms with Gasteiger partial charge in [-0.2, -0.15) is 0 Å². The molecule has 0 saturated heterocycles. The predicted molar refractivity (Wildman–Crippen MR) is 124 cm³/mol. The number of amides is 1. The highest BCUT2D eigenvalue weighted by Gasteiger charge is 2.42. The summed E-state index contributed by atoms with van der Waals surface area (Å²) in [7, 11) is 0. The fourth-order valence-electron chi connectivity index (χ4n) is 4.58. The van der Waals surface area contributed by atoms with Gasteiger partial charge in [0.15, 0.2) is 5.78 Å². The van der Waals surface area contributed by atoms with Crippen molar-refractivity contribution in [2.75, 3.05) is 5.32 Å². The van der Waals surface area contributed by atoms with Gasteiger partial charge in [0, 0.05) is 53.2 Å². The van der Waals surface area contributed by atoms with Gasteiger partial charge in [-0.15, -0.1) is 0 Å². The summed E-state index contributed by atoms with van der Waals surface area (Å²) in [4.78, 5) is 41.7. The van der Waals surface area contributed by atoms with E-state index in [2.05, 4.69) is 15.6 Å². The fraction of sp³-hybridized carbons (Fsp3) is 0.320. The molecule has 170 valence electrons. The maximum Gasteiger partial charge on any atom is 0.269 e. The number of benzene rings is 1. The van der Waals surface area contributed by atoms with Gasteiger partial charge in [-0.25, -0.2) is 4.98 Å². The zero-order valence-corrected chi connectivity index (χ0v) is 19.1. The monoisotopic (exact) mass is 446 g/mol. The second-order valence-corrected chi connectivity index (χ2v) is 9.45. The summed E-state index contributed by atoms with van der Waals surface area (Å²) in [6.07, 6.45) is 2.70. The molecule has 2 heterocycles. The highest BCUT2D eigenvalue weighted by molar-refractivity contribution is 6.09. The number of ketones is 1. The number of pyridine rings is 1. The van der Waals surface area contributed by atoms with Crippen LogP contribution in [0.2, 0.25) is 0 Å². The topological polar surface area (TPSA) is 114 Å². The molecule has 1 aliphatic carbocycles. The van der Waals surface area contributed by atoms with Gasteiger partial charge in [-0.3, -0.25) is 19.7 Å². The lowest BCUT2D eigenvalue weighted by Gasteiger charge is -2.39. The molecule has 0 saturated carbocycles. The summed E-state index contributed by atoms with van der Waals surface area (Å²) >= 11 is 0. The summed E-state index contributed by atoms with van der Waals surface area (Å²) in [6.45, 7) is 7.81. The van der Waals surface area contributed by atoms with Crippen LogP contribution in [0.1, 0.15) is 50.7 Å². The number of anilines is 1. The predicted octanol–water partition coefficient (Wildman–Crippen LogP) is 4.54. The minimum Gasteiger partial charge on any atom is -0.362 e. The standard InChI is InChI=1S/C25H26N4O4/c1-14-5-10-20(26-13-14)28-24(31)21-15(2)27-18-11-25(3,4)12-19(30)23(18)22(21)16-6-8-17(9-7-16)29(32)33/h5-10,13,22,27H,11-12H2,1-4H3,(H,26,28,31)/t22-/m0/s1. The number of nitrogens with one attached hydrogen (secondary N) is 2. The number of hydrogen-bond acceptors (Lipinski definition) is 6. The number of nitrogens with zero attached hydrogens (tertiary/aromatic N) is 2. The van der Waals surface area contributed by atoms with Crippen molar-refractivity contribution in [2.45, 2.75) is 46.5 Å². The second-order valence-electron chi connectivity index (χ2n) is 9.45. The van der Waals surface area contributed by atoms with Crippen LogP contribution in [0, 0.1) is 22.5 Å². The van der Waals surface area contributed by atoms with E-state index >= 15 is 0 Å². The number of carbonyl (C=O) groups is 2. The Morgan fingerprint density at radius 3 is 2.45 bits per heavy atom. The number of non-ortho nitro benzene ring substituents is 1. The van der Waals surface area contributed by atoms with Crippen LogP contribution in [0.4, 0.5) is 11.5 Å². The van der Waals surface area contributed by atoms with Gasteiger partial charge in [0.1, 0.15) is 5.82 Å². The lowest BCUT2D eigenvalue weighted by Crippen LogP contribution is -2.39. The molecule has 2 N–H and O–H groups in total. The van der Waals surface area contributed by atoms with Gasteiger partial charge in [0.25, 0.3) is 11.6 Å². The van der Waals surface area contributed by atoms with Crippen molar-refractivity contribution in [3.8, 4) is 0 Å². The van der Waals surface area contributed by atoms with E-state index in [1.165, 1.54) is 12.1 Å². The van der Waals surface area contributed by atoms with Crippen molar-refractivity contribution < 1.29 is 14.5 Å². The van der Waals surface area contributed by atoms with Crippen LogP contribution >= 0.6 is 0 Å². The number of rotatable bonds is 4. The number of nitro groups is 1. The molecule has 4 rings (SSSR count). The van der Waals surface area contributed by atoms with E-state index in [1.807, 2.05) is 33.8 Å². The van der Waals surface area contributed by atoms with Crippen LogP contribution < -0.4 is 10.6 Å². The Hall–Kier alpha value is -3.81. The van der Waals surface area contributed by atoms with Crippen LogP contribution in [0.3, 0.4) is 0 Å². The lowest BCUT2D eigenvalue weighted by atomic mass is 9.68. The van der Waals surface area contributed by atoms with Crippen LogP contribution in [0.15, 0.2) is 65.1 Å². The molecule has 8 heteroatoms. The van der Waals surface area contributed by atoms with Gasteiger partial charge in [-0.05, 0) is 42.9 Å². The fourth-order valence-corrected chi connectivity index (χ4v) is 4.58. The summed E-state index contributed by atoms with van der Waals surface area (Å²) in [5, 5.41) is 17.3. The number of dihydropyridines is 1. The summed E-state index contributed by atoms with van der Waals surface area (Å²) in [6, 6.07) is 9.62. The molecule has 1 aromatic heterocycles. The van der Waals surface area contributed by atoms with Crippen molar-refractivity contribution in [1.82, 2.24) is 10.3 Å². The first-order chi connectivity index (χ1) is 15.6. The molecule has 0 bridgehead atoms. The maximum absolute atomic E-state index is 13.4. The Morgan fingerprint density at radius 2 is 1.85 bits per heavy atom. The SMILES string of the molecule is CC1=C(C(=O)Nc2ccc(C)cn2)[C@H](c2ccc([N+](=O)[O-])cc2)C2=C(CC(C)(C)CC2=O)N1. The summed E-state index contributed by atoms with van der Waals surface area (Å²) in [5.41, 5.74) is 3.78. The number of aromatic nitrogens is 1. The van der Waals surface area contributed by atoms with Crippen LogP contribution in [-0.2, 0) is 9.59 Å². The number of carbonyl (C=O) groups excluding carboxylic acids is 2. The molecule has 0 fully saturated rings. The smallest absolute Gasteiger partial charge is 0.269 e. The van der Waals surface area contributed by atoms with Gasteiger partial charge in [-0.1, -0.05) is 32.0 Å². The minimum atomic E-state index is -0.629. The van der Waals surface area contributed by atoms with Crippen LogP contribution in [0.5, 0.6) is 0 Å². The number of Topliss-reactive ketones (excluding diaryl/α,β-unsaturated/α-hetero) is 1. The number of allylic oxidation sites excluding steroid dienone is 3. The first kappa shape index (κ1) is 22.4. The summed E-state index contributed by atoms with van der Waals surface area (Å²) in [5.74, 6) is -0.618. The largest absolute Gasteiger partial charge is 0.362 e. The van der Waals surface area contributed by atoms with Gasteiger partial charge in [0.2, 0.25) is 0 Å². The van der Waals surface area contributed by atoms with Crippen molar-refractivity contribution >= 4 is 23.2 Å². The molecule has 1 aromatic carbocycles. The van der Waals surface area contributed by atoms with Gasteiger partial charge in [0.05, 0.1) is 4.92 Å². The molecule has 8 nitrogen and oxygen atoms in total. The van der Waals surface area contributed by atoms with E-state index in [0.717, 1.165) is 11.3 Å². The van der Waals surface area contributed by atoms with Gasteiger partial charge >= 0.3 is 0 Å². The summed E-state index contributed by atoms with van der Waals surface area (Å²) < 4.78 is 0. The van der Waals surface area contributed by atoms with E-state index in [4.69, 9.17) is 0 Å². The third-order valence-corrected chi connectivity index (χ3v) is 6.07. The van der Waals surface area contributed by atoms with Crippen LogP contribution in [0.25, 0.3) is 0 Å². The van der Waals surface area contributed by atoms with E-state index in [0.29, 0.717) is 41.1 Å². The molecule has 33 heavy (non-hydrogen) atoms. The lowest BCUT2D eigenvalue weighted by molar-refractivity contribution is -0.384. The molecule has 2 aliphatic rings. The van der Waals surface area contributed by atoms with Crippen molar-refractivity contribution in [3.63, 3.8) is 0 Å². The van der Waals surface area contributed by atoms with E-state index in [1.54, 1.807) is 24.4 Å². The molecule has 1 atom stereocenters. The zero-order valence-electron chi connectivity index (χ0n) is 19.1. The van der Waals surface area contributed by atoms with Crippen molar-refractivity contribution in [2.24, 2.45) is 5.41 Å². The Kier molecular flexibility index (Phi) is 5.61. The van der Waals surface area contributed by atoms with Crippen molar-refractivity contribution in [3.05, 3.63) is 86.4 Å². The van der Waals surface area contributed by atoms with Gasteiger partial charge < -0.3 is 10.6 Å². The first-order valence-corrected chi connectivity index (χ1v) is 10.8. The molecule has 0 spiro atoms. The molecule has 0 unspecified atom stereocenters. The molecular weight excluding hydrogens is 420 g/mol. The quantitative estimate of drug-likeness (QED) is 0.526. The number of nitro benzene ring substituents is 1. The van der Waals surface area contributed by atoms with Crippen molar-refractivity contribution in [1.29, 1.82) is 0 Å². The Balaban J connectivity index is 1.80.